The molecule has 0 aliphatic heterocycles. The number of aliphatic hydroxyl groups excluding tert-OH is 1. The summed E-state index contributed by atoms with van der Waals surface area (Å²) in [6.45, 7) is 5.36. The third-order valence-corrected chi connectivity index (χ3v) is 3.59. The molecular weight excluding hydrogens is 254 g/mol. The van der Waals surface area contributed by atoms with Crippen molar-refractivity contribution in [1.29, 1.82) is 0 Å². The van der Waals surface area contributed by atoms with E-state index in [1.54, 1.807) is 0 Å². The maximum Gasteiger partial charge on any atom is 0.408 e. The van der Waals surface area contributed by atoms with Crippen molar-refractivity contribution in [2.24, 2.45) is 0 Å². The zero-order valence-corrected chi connectivity index (χ0v) is 12.4. The number of benzene rings is 1. The Morgan fingerprint density at radius 1 is 1.40 bits per heavy atom. The molecular formula is C16H23NO3. The first-order valence-electron chi connectivity index (χ1n) is 7.07. The number of carbonyl (C=O) groups excluding carboxylic acids is 1. The van der Waals surface area contributed by atoms with E-state index in [9.17, 15) is 9.90 Å². The van der Waals surface area contributed by atoms with E-state index in [0.717, 1.165) is 24.8 Å². The standard InChI is InChI=1S/C16H23NO3/c1-15(2,3)20-14(19)17-16(11-18)10-6-8-12-7-4-5-9-13(12)16/h4-5,7,9,18H,6,8,10-11H2,1-3H3,(H,17,19). The predicted molar refractivity (Wildman–Crippen MR) is 77.5 cm³/mol. The largest absolute Gasteiger partial charge is 0.444 e. The van der Waals surface area contributed by atoms with Crippen molar-refractivity contribution >= 4 is 6.09 Å². The lowest BCUT2D eigenvalue weighted by atomic mass is 9.77. The number of ether oxygens (including phenoxy) is 1. The molecule has 20 heavy (non-hydrogen) atoms. The van der Waals surface area contributed by atoms with Gasteiger partial charge in [-0.3, -0.25) is 0 Å². The molecule has 1 unspecified atom stereocenters. The van der Waals surface area contributed by atoms with E-state index >= 15 is 0 Å². The molecule has 4 heteroatoms. The molecule has 1 aliphatic rings. The molecule has 0 heterocycles. The summed E-state index contributed by atoms with van der Waals surface area (Å²) in [5.74, 6) is 0. The van der Waals surface area contributed by atoms with E-state index in [-0.39, 0.29) is 6.61 Å². The van der Waals surface area contributed by atoms with Crippen LogP contribution in [0, 0.1) is 0 Å². The SMILES string of the molecule is CC(C)(C)OC(=O)NC1(CO)CCCc2ccccc21. The Kier molecular flexibility index (Phi) is 4.04. The van der Waals surface area contributed by atoms with Crippen molar-refractivity contribution in [2.45, 2.75) is 51.2 Å². The minimum absolute atomic E-state index is 0.122. The smallest absolute Gasteiger partial charge is 0.408 e. The molecule has 2 rings (SSSR count). The third kappa shape index (κ3) is 3.12. The van der Waals surface area contributed by atoms with Gasteiger partial charge >= 0.3 is 6.09 Å². The Hall–Kier alpha value is -1.55. The van der Waals surface area contributed by atoms with E-state index < -0.39 is 17.2 Å². The van der Waals surface area contributed by atoms with Crippen LogP contribution in [0.2, 0.25) is 0 Å². The van der Waals surface area contributed by atoms with Crippen LogP contribution in [0.3, 0.4) is 0 Å². The monoisotopic (exact) mass is 277 g/mol. The first kappa shape index (κ1) is 14.9. The second kappa shape index (κ2) is 5.44. The molecule has 110 valence electrons. The van der Waals surface area contributed by atoms with Crippen LogP contribution >= 0.6 is 0 Å². The van der Waals surface area contributed by atoms with Gasteiger partial charge in [0.05, 0.1) is 12.1 Å². The molecule has 1 amide bonds. The van der Waals surface area contributed by atoms with Gasteiger partial charge in [-0.1, -0.05) is 24.3 Å². The van der Waals surface area contributed by atoms with Crippen LogP contribution in [0.25, 0.3) is 0 Å². The van der Waals surface area contributed by atoms with Crippen LogP contribution in [0.5, 0.6) is 0 Å². The average Bonchev–Trinajstić information content (AvgIpc) is 2.37. The van der Waals surface area contributed by atoms with Crippen molar-refractivity contribution in [1.82, 2.24) is 5.32 Å². The quantitative estimate of drug-likeness (QED) is 0.874. The number of carbonyl (C=O) groups is 1. The minimum atomic E-state index is -0.725. The van der Waals surface area contributed by atoms with Gasteiger partial charge in [-0.2, -0.15) is 0 Å². The first-order valence-corrected chi connectivity index (χ1v) is 7.07. The van der Waals surface area contributed by atoms with Crippen molar-refractivity contribution in [3.05, 3.63) is 35.4 Å². The number of fused-ring (bicyclic) bond motifs is 1. The minimum Gasteiger partial charge on any atom is -0.444 e. The van der Waals surface area contributed by atoms with E-state index in [0.29, 0.717) is 0 Å². The average molecular weight is 277 g/mol. The fourth-order valence-electron chi connectivity index (χ4n) is 2.75. The number of aliphatic hydroxyl groups is 1. The predicted octanol–water partition coefficient (Wildman–Crippen LogP) is 2.74. The number of rotatable bonds is 2. The van der Waals surface area contributed by atoms with E-state index in [1.807, 2.05) is 39.0 Å². The van der Waals surface area contributed by atoms with Crippen LogP contribution < -0.4 is 5.32 Å². The highest BCUT2D eigenvalue weighted by Gasteiger charge is 2.38. The Morgan fingerprint density at radius 2 is 2.10 bits per heavy atom. The van der Waals surface area contributed by atoms with Crippen molar-refractivity contribution in [3.63, 3.8) is 0 Å². The molecule has 0 aromatic heterocycles. The molecule has 0 fully saturated rings. The Balaban J connectivity index is 2.25. The zero-order valence-electron chi connectivity index (χ0n) is 12.4. The summed E-state index contributed by atoms with van der Waals surface area (Å²) in [5.41, 5.74) is 0.912. The summed E-state index contributed by atoms with van der Waals surface area (Å²) in [4.78, 5) is 12.1. The molecule has 0 saturated heterocycles. The summed E-state index contributed by atoms with van der Waals surface area (Å²) in [6.07, 6.45) is 2.16. The first-order chi connectivity index (χ1) is 9.36. The summed E-state index contributed by atoms with van der Waals surface area (Å²) in [6, 6.07) is 7.95. The molecule has 1 atom stereocenters. The Labute approximate surface area is 120 Å². The molecule has 4 nitrogen and oxygen atoms in total. The van der Waals surface area contributed by atoms with Gasteiger partial charge in [-0.15, -0.1) is 0 Å². The van der Waals surface area contributed by atoms with Crippen molar-refractivity contribution < 1.29 is 14.6 Å². The summed E-state index contributed by atoms with van der Waals surface area (Å²) < 4.78 is 5.32. The van der Waals surface area contributed by atoms with Gasteiger partial charge in [-0.05, 0) is 51.2 Å². The molecule has 0 spiro atoms. The number of alkyl carbamates (subject to hydrolysis) is 1. The lowest BCUT2D eigenvalue weighted by Gasteiger charge is -2.38. The van der Waals surface area contributed by atoms with E-state index in [2.05, 4.69) is 11.4 Å². The number of nitrogens with one attached hydrogen (secondary N) is 1. The Morgan fingerprint density at radius 3 is 2.75 bits per heavy atom. The van der Waals surface area contributed by atoms with Crippen LogP contribution in [0.1, 0.15) is 44.7 Å². The summed E-state index contributed by atoms with van der Waals surface area (Å²) in [7, 11) is 0. The summed E-state index contributed by atoms with van der Waals surface area (Å²) in [5, 5.41) is 12.7. The van der Waals surface area contributed by atoms with Crippen LogP contribution in [-0.4, -0.2) is 23.4 Å². The van der Waals surface area contributed by atoms with E-state index in [1.165, 1.54) is 5.56 Å². The molecule has 0 saturated carbocycles. The van der Waals surface area contributed by atoms with Crippen molar-refractivity contribution in [3.8, 4) is 0 Å². The topological polar surface area (TPSA) is 58.6 Å². The highest BCUT2D eigenvalue weighted by Crippen LogP contribution is 2.35. The fourth-order valence-corrected chi connectivity index (χ4v) is 2.75. The zero-order chi connectivity index (χ0) is 14.8. The third-order valence-electron chi connectivity index (χ3n) is 3.59. The number of hydrogen-bond acceptors (Lipinski definition) is 3. The Bertz CT molecular complexity index is 493. The van der Waals surface area contributed by atoms with Crippen LogP contribution in [0.15, 0.2) is 24.3 Å². The van der Waals surface area contributed by atoms with Gasteiger partial charge in [0.25, 0.3) is 0 Å². The lowest BCUT2D eigenvalue weighted by Crippen LogP contribution is -2.52. The number of aryl methyl sites for hydroxylation is 1. The van der Waals surface area contributed by atoms with Crippen molar-refractivity contribution in [2.75, 3.05) is 6.61 Å². The second-order valence-corrected chi connectivity index (χ2v) is 6.38. The number of hydrogen-bond donors (Lipinski definition) is 2. The van der Waals surface area contributed by atoms with Gasteiger partial charge in [0, 0.05) is 0 Å². The maximum atomic E-state index is 12.1. The normalized spacial score (nSPS) is 22.0. The maximum absolute atomic E-state index is 12.1. The molecule has 1 aromatic carbocycles. The van der Waals surface area contributed by atoms with Gasteiger partial charge in [0.15, 0.2) is 0 Å². The van der Waals surface area contributed by atoms with Gasteiger partial charge in [0.1, 0.15) is 5.60 Å². The molecule has 0 radical (unpaired) electrons. The van der Waals surface area contributed by atoms with Gasteiger partial charge in [0.2, 0.25) is 0 Å². The van der Waals surface area contributed by atoms with Gasteiger partial charge in [-0.25, -0.2) is 4.79 Å². The summed E-state index contributed by atoms with van der Waals surface area (Å²) >= 11 is 0. The molecule has 1 aliphatic carbocycles. The second-order valence-electron chi connectivity index (χ2n) is 6.38. The van der Waals surface area contributed by atoms with Crippen LogP contribution in [0.4, 0.5) is 4.79 Å². The molecule has 0 bridgehead atoms. The van der Waals surface area contributed by atoms with E-state index in [4.69, 9.17) is 4.74 Å². The highest BCUT2D eigenvalue weighted by atomic mass is 16.6. The molecule has 1 aromatic rings. The fraction of sp³-hybridized carbons (Fsp3) is 0.562. The van der Waals surface area contributed by atoms with Crippen LogP contribution in [-0.2, 0) is 16.7 Å². The number of amides is 1. The lowest BCUT2D eigenvalue weighted by molar-refractivity contribution is 0.0369. The van der Waals surface area contributed by atoms with Gasteiger partial charge < -0.3 is 15.2 Å². The highest BCUT2D eigenvalue weighted by molar-refractivity contribution is 5.69. The molecule has 2 N–H and O–H groups in total.